The monoisotopic (exact) mass is 179 g/mol. The van der Waals surface area contributed by atoms with E-state index in [1.165, 1.54) is 30.3 Å². The second-order valence-corrected chi connectivity index (χ2v) is 2.61. The minimum Gasteiger partial charge on any atom is -0.508 e. The summed E-state index contributed by atoms with van der Waals surface area (Å²) in [4.78, 5) is 0. The summed E-state index contributed by atoms with van der Waals surface area (Å²) < 4.78 is 0. The maximum absolute atomic E-state index is 9.33. The molecule has 0 aromatic heterocycles. The summed E-state index contributed by atoms with van der Waals surface area (Å²) in [7, 11) is 0. The molecule has 4 heteroatoms. The quantitative estimate of drug-likeness (QED) is 0.570. The van der Waals surface area contributed by atoms with Crippen molar-refractivity contribution in [3.8, 4) is 11.8 Å². The molecule has 2 atom stereocenters. The number of nitrogens with zero attached hydrogens (tertiary/aromatic N) is 1. The number of rotatable bonds is 2. The van der Waals surface area contributed by atoms with E-state index in [1.807, 2.05) is 0 Å². The van der Waals surface area contributed by atoms with Gasteiger partial charge in [-0.15, -0.1) is 0 Å². The van der Waals surface area contributed by atoms with Crippen LogP contribution in [-0.2, 0) is 0 Å². The maximum atomic E-state index is 9.33. The van der Waals surface area contributed by atoms with E-state index < -0.39 is 12.2 Å². The van der Waals surface area contributed by atoms with Crippen LogP contribution < -0.4 is 0 Å². The largest absolute Gasteiger partial charge is 0.508 e. The third-order valence-corrected chi connectivity index (χ3v) is 1.64. The van der Waals surface area contributed by atoms with E-state index in [1.54, 1.807) is 0 Å². The third kappa shape index (κ3) is 2.18. The van der Waals surface area contributed by atoms with Gasteiger partial charge in [0.05, 0.1) is 6.07 Å². The molecule has 0 saturated carbocycles. The highest BCUT2D eigenvalue weighted by molar-refractivity contribution is 5.29. The van der Waals surface area contributed by atoms with Crippen molar-refractivity contribution in [2.75, 3.05) is 0 Å². The van der Waals surface area contributed by atoms with Gasteiger partial charge in [-0.05, 0) is 17.7 Å². The standard InChI is InChI=1S/C9H9NO3/c10-5-8(12)9(13)6-2-1-3-7(11)4-6/h1-4,8-9,11-13H. The minimum absolute atomic E-state index is 0.0123. The fraction of sp³-hybridized carbons (Fsp3) is 0.222. The lowest BCUT2D eigenvalue weighted by Gasteiger charge is -2.11. The van der Waals surface area contributed by atoms with Crippen LogP contribution >= 0.6 is 0 Å². The Kier molecular flexibility index (Phi) is 2.85. The predicted octanol–water partition coefficient (Wildman–Crippen LogP) is 0.310. The lowest BCUT2D eigenvalue weighted by molar-refractivity contribution is 0.0526. The summed E-state index contributed by atoms with van der Waals surface area (Å²) in [5.41, 5.74) is 0.314. The molecule has 0 aliphatic carbocycles. The Hall–Kier alpha value is -1.57. The van der Waals surface area contributed by atoms with E-state index in [0.29, 0.717) is 5.56 Å². The number of aliphatic hydroxyl groups excluding tert-OH is 2. The van der Waals surface area contributed by atoms with Crippen molar-refractivity contribution in [2.45, 2.75) is 12.2 Å². The molecular formula is C9H9NO3. The zero-order valence-electron chi connectivity index (χ0n) is 6.75. The van der Waals surface area contributed by atoms with Gasteiger partial charge >= 0.3 is 0 Å². The topological polar surface area (TPSA) is 84.5 Å². The Balaban J connectivity index is 2.90. The average molecular weight is 179 g/mol. The van der Waals surface area contributed by atoms with E-state index >= 15 is 0 Å². The molecule has 0 bridgehead atoms. The number of phenols is 1. The second-order valence-electron chi connectivity index (χ2n) is 2.61. The molecule has 3 N–H and O–H groups in total. The molecule has 1 aromatic carbocycles. The summed E-state index contributed by atoms with van der Waals surface area (Å²) in [5.74, 6) is -0.0123. The van der Waals surface area contributed by atoms with Crippen molar-refractivity contribution in [1.29, 1.82) is 5.26 Å². The van der Waals surface area contributed by atoms with E-state index in [0.717, 1.165) is 0 Å². The van der Waals surface area contributed by atoms with Crippen molar-refractivity contribution in [3.05, 3.63) is 29.8 Å². The number of phenolic OH excluding ortho intramolecular Hbond substituents is 1. The molecule has 0 aliphatic heterocycles. The molecule has 1 rings (SSSR count). The first-order valence-electron chi connectivity index (χ1n) is 3.70. The number of benzene rings is 1. The van der Waals surface area contributed by atoms with Gasteiger partial charge in [0.25, 0.3) is 0 Å². The minimum atomic E-state index is -1.47. The highest BCUT2D eigenvalue weighted by Crippen LogP contribution is 2.20. The zero-order chi connectivity index (χ0) is 9.84. The lowest BCUT2D eigenvalue weighted by Crippen LogP contribution is -2.15. The van der Waals surface area contributed by atoms with Gasteiger partial charge in [0, 0.05) is 0 Å². The summed E-state index contributed by atoms with van der Waals surface area (Å²) in [5, 5.41) is 35.7. The molecule has 0 spiro atoms. The molecule has 0 heterocycles. The molecule has 0 fully saturated rings. The van der Waals surface area contributed by atoms with Gasteiger partial charge in [0.2, 0.25) is 0 Å². The highest BCUT2D eigenvalue weighted by atomic mass is 16.3. The van der Waals surface area contributed by atoms with Gasteiger partial charge in [0.15, 0.2) is 6.10 Å². The first-order chi connectivity index (χ1) is 6.15. The summed E-state index contributed by atoms with van der Waals surface area (Å²) in [6.45, 7) is 0. The first-order valence-corrected chi connectivity index (χ1v) is 3.70. The molecule has 0 aliphatic rings. The van der Waals surface area contributed by atoms with Crippen LogP contribution in [-0.4, -0.2) is 21.4 Å². The molecule has 0 radical (unpaired) electrons. The van der Waals surface area contributed by atoms with E-state index in [2.05, 4.69) is 0 Å². The van der Waals surface area contributed by atoms with Crippen LogP contribution in [0.25, 0.3) is 0 Å². The summed E-state index contributed by atoms with van der Waals surface area (Å²) in [6.07, 6.45) is -2.75. The van der Waals surface area contributed by atoms with Crippen molar-refractivity contribution >= 4 is 0 Å². The molecule has 0 amide bonds. The van der Waals surface area contributed by atoms with Crippen molar-refractivity contribution in [3.63, 3.8) is 0 Å². The Labute approximate surface area is 75.3 Å². The maximum Gasteiger partial charge on any atom is 0.170 e. The summed E-state index contributed by atoms with van der Waals surface area (Å²) in [6, 6.07) is 7.29. The number of nitriles is 1. The second kappa shape index (κ2) is 3.90. The van der Waals surface area contributed by atoms with Crippen LogP contribution in [0.1, 0.15) is 11.7 Å². The molecule has 2 unspecified atom stereocenters. The lowest BCUT2D eigenvalue weighted by atomic mass is 10.1. The van der Waals surface area contributed by atoms with E-state index in [9.17, 15) is 5.11 Å². The molecule has 1 aromatic rings. The normalized spacial score (nSPS) is 14.5. The van der Waals surface area contributed by atoms with Crippen LogP contribution in [0.4, 0.5) is 0 Å². The predicted molar refractivity (Wildman–Crippen MR) is 44.7 cm³/mol. The van der Waals surface area contributed by atoms with Gasteiger partial charge in [-0.2, -0.15) is 5.26 Å². The highest BCUT2D eigenvalue weighted by Gasteiger charge is 2.17. The van der Waals surface area contributed by atoms with Crippen molar-refractivity contribution in [1.82, 2.24) is 0 Å². The Morgan fingerprint density at radius 1 is 1.31 bits per heavy atom. The number of hydrogen-bond acceptors (Lipinski definition) is 4. The van der Waals surface area contributed by atoms with Gasteiger partial charge in [-0.3, -0.25) is 0 Å². The van der Waals surface area contributed by atoms with Crippen LogP contribution in [0, 0.1) is 11.3 Å². The third-order valence-electron chi connectivity index (χ3n) is 1.64. The van der Waals surface area contributed by atoms with Crippen LogP contribution in [0.2, 0.25) is 0 Å². The van der Waals surface area contributed by atoms with Crippen LogP contribution in [0.5, 0.6) is 5.75 Å². The van der Waals surface area contributed by atoms with Crippen LogP contribution in [0.15, 0.2) is 24.3 Å². The SMILES string of the molecule is N#CC(O)C(O)c1cccc(O)c1. The van der Waals surface area contributed by atoms with E-state index in [4.69, 9.17) is 15.5 Å². The Morgan fingerprint density at radius 3 is 2.54 bits per heavy atom. The van der Waals surface area contributed by atoms with Gasteiger partial charge in [0.1, 0.15) is 11.9 Å². The molecule has 68 valence electrons. The molecule has 4 nitrogen and oxygen atoms in total. The smallest absolute Gasteiger partial charge is 0.170 e. The molecular weight excluding hydrogens is 170 g/mol. The first kappa shape index (κ1) is 9.52. The van der Waals surface area contributed by atoms with E-state index in [-0.39, 0.29) is 5.75 Å². The van der Waals surface area contributed by atoms with Crippen molar-refractivity contribution < 1.29 is 15.3 Å². The molecule has 13 heavy (non-hydrogen) atoms. The van der Waals surface area contributed by atoms with Crippen molar-refractivity contribution in [2.24, 2.45) is 0 Å². The average Bonchev–Trinajstić information content (AvgIpc) is 2.15. The Morgan fingerprint density at radius 2 is 2.00 bits per heavy atom. The number of aliphatic hydroxyl groups is 2. The van der Waals surface area contributed by atoms with Crippen LogP contribution in [0.3, 0.4) is 0 Å². The summed E-state index contributed by atoms with van der Waals surface area (Å²) >= 11 is 0. The van der Waals surface area contributed by atoms with Gasteiger partial charge in [-0.1, -0.05) is 12.1 Å². The number of hydrogen-bond donors (Lipinski definition) is 3. The fourth-order valence-electron chi connectivity index (χ4n) is 0.962. The Bertz CT molecular complexity index is 332. The zero-order valence-corrected chi connectivity index (χ0v) is 6.75. The van der Waals surface area contributed by atoms with Gasteiger partial charge in [-0.25, -0.2) is 0 Å². The fourth-order valence-corrected chi connectivity index (χ4v) is 0.962. The molecule has 0 saturated heterocycles. The van der Waals surface area contributed by atoms with Gasteiger partial charge < -0.3 is 15.3 Å². The number of aromatic hydroxyl groups is 1.